The molecule has 1 atom stereocenters. The van der Waals surface area contributed by atoms with Crippen molar-refractivity contribution in [3.63, 3.8) is 0 Å². The average Bonchev–Trinajstić information content (AvgIpc) is 4.08. The van der Waals surface area contributed by atoms with Crippen molar-refractivity contribution in [3.8, 4) is 45.3 Å². The second kappa shape index (κ2) is 16.0. The molecule has 0 radical (unpaired) electrons. The smallest absolute Gasteiger partial charge is 0.163 e. The summed E-state index contributed by atoms with van der Waals surface area (Å²) in [5.41, 5.74) is 15.0. The van der Waals surface area contributed by atoms with Gasteiger partial charge in [-0.1, -0.05) is 170 Å². The molecule has 1 aliphatic carbocycles. The molecular weight excluding hydrogens is 859 g/mol. The number of para-hydroxylation sites is 3. The largest absolute Gasteiger partial charge is 0.309 e. The van der Waals surface area contributed by atoms with Gasteiger partial charge in [0.25, 0.3) is 0 Å². The van der Waals surface area contributed by atoms with Gasteiger partial charge >= 0.3 is 0 Å². The highest BCUT2D eigenvalue weighted by Crippen LogP contribution is 2.50. The van der Waals surface area contributed by atoms with Crippen molar-refractivity contribution in [2.75, 3.05) is 0 Å². The molecule has 4 aromatic heterocycles. The lowest BCUT2D eigenvalue weighted by Crippen LogP contribution is -2.13. The molecular formula is C63H41N5S. The number of nitrogens with zero attached hydrogens (tertiary/aromatic N) is 5. The Labute approximate surface area is 402 Å². The van der Waals surface area contributed by atoms with Crippen LogP contribution in [0.3, 0.4) is 0 Å². The van der Waals surface area contributed by atoms with E-state index < -0.39 is 0 Å². The van der Waals surface area contributed by atoms with E-state index in [1.54, 1.807) is 0 Å². The molecule has 0 N–H and O–H groups in total. The highest BCUT2D eigenvalue weighted by Gasteiger charge is 2.31. The van der Waals surface area contributed by atoms with Crippen molar-refractivity contribution in [2.45, 2.75) is 12.3 Å². The van der Waals surface area contributed by atoms with Crippen LogP contribution < -0.4 is 0 Å². The van der Waals surface area contributed by atoms with Gasteiger partial charge in [0.1, 0.15) is 5.82 Å². The zero-order valence-corrected chi connectivity index (χ0v) is 38.2. The summed E-state index contributed by atoms with van der Waals surface area (Å²) in [5, 5.41) is 6.20. The molecule has 9 aromatic carbocycles. The minimum atomic E-state index is -0.0935. The van der Waals surface area contributed by atoms with E-state index in [9.17, 15) is 0 Å². The van der Waals surface area contributed by atoms with Crippen LogP contribution in [-0.2, 0) is 0 Å². The first kappa shape index (κ1) is 39.5. The fourth-order valence-electron chi connectivity index (χ4n) is 10.8. The Kier molecular flexibility index (Phi) is 9.14. The van der Waals surface area contributed by atoms with E-state index >= 15 is 0 Å². The number of fused-ring (bicyclic) bond motifs is 9. The average molecular weight is 900 g/mol. The first-order valence-corrected chi connectivity index (χ1v) is 24.3. The number of benzene rings is 9. The third-order valence-corrected chi connectivity index (χ3v) is 15.2. The van der Waals surface area contributed by atoms with Gasteiger partial charge in [0.2, 0.25) is 0 Å². The van der Waals surface area contributed by atoms with Crippen molar-refractivity contribution >= 4 is 76.7 Å². The van der Waals surface area contributed by atoms with Gasteiger partial charge in [-0.2, -0.15) is 0 Å². The predicted octanol–water partition coefficient (Wildman–Crippen LogP) is 16.4. The van der Waals surface area contributed by atoms with Crippen LogP contribution in [0.2, 0.25) is 0 Å². The summed E-state index contributed by atoms with van der Waals surface area (Å²) in [7, 11) is 0. The Hall–Kier alpha value is -8.71. The predicted molar refractivity (Wildman–Crippen MR) is 287 cm³/mol. The molecule has 0 spiro atoms. The van der Waals surface area contributed by atoms with Crippen LogP contribution in [0.4, 0.5) is 0 Å². The number of thiophene rings is 1. The number of hydrogen-bond donors (Lipinski definition) is 0. The molecule has 0 amide bonds. The molecule has 0 aliphatic heterocycles. The Morgan fingerprint density at radius 2 is 0.913 bits per heavy atom. The van der Waals surface area contributed by atoms with Gasteiger partial charge in [0, 0.05) is 53.6 Å². The third kappa shape index (κ3) is 6.48. The van der Waals surface area contributed by atoms with Crippen molar-refractivity contribution in [2.24, 2.45) is 0 Å². The summed E-state index contributed by atoms with van der Waals surface area (Å²) in [6.07, 6.45) is 3.18. The number of allylic oxidation sites excluding steroid dienone is 1. The van der Waals surface area contributed by atoms with Gasteiger partial charge < -0.3 is 9.13 Å². The molecule has 14 rings (SSSR count). The molecule has 13 aromatic rings. The van der Waals surface area contributed by atoms with Crippen molar-refractivity contribution < 1.29 is 0 Å². The maximum Gasteiger partial charge on any atom is 0.163 e. The zero-order chi connectivity index (χ0) is 45.4. The van der Waals surface area contributed by atoms with Crippen LogP contribution >= 0.6 is 11.3 Å². The lowest BCUT2D eigenvalue weighted by atomic mass is 9.82. The minimum Gasteiger partial charge on any atom is -0.309 e. The molecule has 0 fully saturated rings. The SMILES string of the molecule is C1=C(c2ccccc2-c2ccc3c4cc5c6ccccc6n(-c6ccccc6)c5cc4n(-c4ccccc4)c3c2)CC(c2nc(-c3ccccc3)nc(-c3ccccc3)n2)c2sc3ccccc3c21. The van der Waals surface area contributed by atoms with Gasteiger partial charge in [0.05, 0.1) is 28.0 Å². The summed E-state index contributed by atoms with van der Waals surface area (Å²) in [6, 6.07) is 80.5. The molecule has 1 aliphatic rings. The minimum absolute atomic E-state index is 0.0935. The molecule has 5 nitrogen and oxygen atoms in total. The van der Waals surface area contributed by atoms with E-state index in [0.717, 1.165) is 40.3 Å². The topological polar surface area (TPSA) is 48.5 Å². The Morgan fingerprint density at radius 3 is 1.58 bits per heavy atom. The van der Waals surface area contributed by atoms with Crippen LogP contribution in [0, 0.1) is 0 Å². The first-order valence-electron chi connectivity index (χ1n) is 23.5. The standard InChI is InChI=1S/C63H41N5S/c1-5-19-40(20-6-1)61-64-62(41-21-7-2-8-22-41)66-63(65-61)54-36-43(35-53-50-30-16-18-32-59(50)69-60(53)54)47-28-14-13-27-46(47)42-33-34-49-52-38-51-48-29-15-17-31-55(48)67(44-23-9-3-10-24-44)57(51)39-58(52)68(56(49)37-42)45-25-11-4-12-26-45/h1-35,37-39,54H,36H2. The maximum atomic E-state index is 5.33. The molecule has 0 bridgehead atoms. The van der Waals surface area contributed by atoms with Crippen LogP contribution in [0.15, 0.2) is 224 Å². The summed E-state index contributed by atoms with van der Waals surface area (Å²) >= 11 is 1.86. The highest BCUT2D eigenvalue weighted by atomic mass is 32.1. The fraction of sp³-hybridized carbons (Fsp3) is 0.0317. The Bertz CT molecular complexity index is 4090. The molecule has 0 saturated heterocycles. The van der Waals surface area contributed by atoms with Gasteiger partial charge in [-0.3, -0.25) is 0 Å². The van der Waals surface area contributed by atoms with Gasteiger partial charge in [-0.15, -0.1) is 11.3 Å². The summed E-state index contributed by atoms with van der Waals surface area (Å²) < 4.78 is 6.13. The molecule has 1 unspecified atom stereocenters. The van der Waals surface area contributed by atoms with Crippen molar-refractivity contribution in [1.82, 2.24) is 24.1 Å². The maximum absolute atomic E-state index is 5.33. The van der Waals surface area contributed by atoms with Crippen LogP contribution in [-0.4, -0.2) is 24.1 Å². The van der Waals surface area contributed by atoms with Crippen molar-refractivity contribution in [3.05, 3.63) is 246 Å². The van der Waals surface area contributed by atoms with E-state index in [1.165, 1.54) is 80.8 Å². The first-order chi connectivity index (χ1) is 34.2. The van der Waals surface area contributed by atoms with Gasteiger partial charge in [0.15, 0.2) is 11.6 Å². The molecule has 6 heteroatoms. The lowest BCUT2D eigenvalue weighted by molar-refractivity contribution is 0.763. The van der Waals surface area contributed by atoms with Gasteiger partial charge in [-0.05, 0) is 100 Å². The Morgan fingerprint density at radius 1 is 0.391 bits per heavy atom. The monoisotopic (exact) mass is 899 g/mol. The zero-order valence-electron chi connectivity index (χ0n) is 37.4. The summed E-state index contributed by atoms with van der Waals surface area (Å²) in [4.78, 5) is 17.0. The lowest BCUT2D eigenvalue weighted by Gasteiger charge is -2.25. The summed E-state index contributed by atoms with van der Waals surface area (Å²) in [5.74, 6) is 2.06. The second-order valence-electron chi connectivity index (χ2n) is 17.9. The highest BCUT2D eigenvalue weighted by molar-refractivity contribution is 7.19. The Balaban J connectivity index is 0.962. The van der Waals surface area contributed by atoms with E-state index in [1.807, 2.05) is 47.7 Å². The normalized spacial score (nSPS) is 13.7. The fourth-order valence-corrected chi connectivity index (χ4v) is 12.1. The van der Waals surface area contributed by atoms with Crippen LogP contribution in [0.1, 0.15) is 34.2 Å². The number of rotatable bonds is 7. The van der Waals surface area contributed by atoms with E-state index in [4.69, 9.17) is 15.0 Å². The third-order valence-electron chi connectivity index (χ3n) is 13.9. The van der Waals surface area contributed by atoms with E-state index in [0.29, 0.717) is 11.6 Å². The quantitative estimate of drug-likeness (QED) is 0.160. The molecule has 4 heterocycles. The van der Waals surface area contributed by atoms with E-state index in [2.05, 4.69) is 203 Å². The van der Waals surface area contributed by atoms with Crippen LogP contribution in [0.25, 0.3) is 111 Å². The van der Waals surface area contributed by atoms with Crippen molar-refractivity contribution in [1.29, 1.82) is 0 Å². The summed E-state index contributed by atoms with van der Waals surface area (Å²) in [6.45, 7) is 0. The second-order valence-corrected chi connectivity index (χ2v) is 19.0. The van der Waals surface area contributed by atoms with E-state index in [-0.39, 0.29) is 5.92 Å². The van der Waals surface area contributed by atoms with Gasteiger partial charge in [-0.25, -0.2) is 15.0 Å². The van der Waals surface area contributed by atoms with Crippen LogP contribution in [0.5, 0.6) is 0 Å². The molecule has 324 valence electrons. The number of aromatic nitrogens is 5. The molecule has 0 saturated carbocycles. The molecule has 69 heavy (non-hydrogen) atoms. The number of hydrogen-bond acceptors (Lipinski definition) is 4.